The van der Waals surface area contributed by atoms with Crippen LogP contribution in [-0.2, 0) is 14.3 Å². The van der Waals surface area contributed by atoms with E-state index in [1.807, 2.05) is 0 Å². The molecule has 0 radical (unpaired) electrons. The molecule has 5 atom stereocenters. The molecule has 14 heavy (non-hydrogen) atoms. The monoisotopic (exact) mass is 259 g/mol. The Balaban J connectivity index is 2.07. The summed E-state index contributed by atoms with van der Waals surface area (Å²) < 4.78 is 5.27. The third-order valence-electron chi connectivity index (χ3n) is 3.62. The first-order valence-electron chi connectivity index (χ1n) is 4.72. The van der Waals surface area contributed by atoms with Gasteiger partial charge in [0.2, 0.25) is 5.91 Å². The number of fused-ring (bicyclic) bond motifs is 1. The van der Waals surface area contributed by atoms with Gasteiger partial charge in [0.15, 0.2) is 0 Å². The predicted molar refractivity (Wildman–Crippen MR) is 50.8 cm³/mol. The highest BCUT2D eigenvalue weighted by Gasteiger charge is 2.62. The summed E-state index contributed by atoms with van der Waals surface area (Å²) in [6.45, 7) is 0. The Morgan fingerprint density at radius 1 is 1.43 bits per heavy atom. The molecule has 3 saturated heterocycles. The number of hydrogen-bond acceptors (Lipinski definition) is 3. The fourth-order valence-electron chi connectivity index (χ4n) is 2.92. The van der Waals surface area contributed by atoms with E-state index in [2.05, 4.69) is 15.9 Å². The number of esters is 1. The third kappa shape index (κ3) is 0.798. The summed E-state index contributed by atoms with van der Waals surface area (Å²) in [5, 5.41) is 0. The van der Waals surface area contributed by atoms with Gasteiger partial charge in [0.1, 0.15) is 6.10 Å². The molecular weight excluding hydrogens is 250 g/mol. The molecule has 4 fully saturated rings. The maximum absolute atomic E-state index is 11.8. The van der Waals surface area contributed by atoms with Crippen LogP contribution >= 0.6 is 15.9 Å². The van der Waals surface area contributed by atoms with Gasteiger partial charge in [-0.05, 0) is 6.42 Å². The zero-order valence-corrected chi connectivity index (χ0v) is 9.23. The Morgan fingerprint density at radius 3 is 2.86 bits per heavy atom. The number of alkyl halides is 1. The summed E-state index contributed by atoms with van der Waals surface area (Å²) in [6.07, 6.45) is 0.521. The Kier molecular flexibility index (Phi) is 1.56. The molecule has 0 N–H and O–H groups in total. The lowest BCUT2D eigenvalue weighted by atomic mass is 9.73. The van der Waals surface area contributed by atoms with Crippen molar-refractivity contribution in [3.8, 4) is 0 Å². The second-order valence-corrected chi connectivity index (χ2v) is 5.29. The molecule has 0 aromatic rings. The zero-order valence-electron chi connectivity index (χ0n) is 7.64. The predicted octanol–water partition coefficient (Wildman–Crippen LogP) is 0.152. The minimum Gasteiger partial charge on any atom is -0.459 e. The van der Waals surface area contributed by atoms with Crippen LogP contribution in [-0.4, -0.2) is 40.8 Å². The smallest absolute Gasteiger partial charge is 0.311 e. The largest absolute Gasteiger partial charge is 0.459 e. The van der Waals surface area contributed by atoms with E-state index in [0.717, 1.165) is 0 Å². The van der Waals surface area contributed by atoms with Crippen molar-refractivity contribution in [1.82, 2.24) is 4.90 Å². The molecule has 5 unspecified atom stereocenters. The van der Waals surface area contributed by atoms with Gasteiger partial charge in [0.25, 0.3) is 0 Å². The number of ether oxygens (including phenoxy) is 1. The number of likely N-dealkylation sites (N-methyl/N-ethyl adjacent to an activating group) is 1. The van der Waals surface area contributed by atoms with Gasteiger partial charge >= 0.3 is 5.97 Å². The fraction of sp³-hybridized carbons (Fsp3) is 0.778. The lowest BCUT2D eigenvalue weighted by Gasteiger charge is -2.47. The normalized spacial score (nSPS) is 49.9. The summed E-state index contributed by atoms with van der Waals surface area (Å²) in [4.78, 5) is 24.9. The average molecular weight is 260 g/mol. The van der Waals surface area contributed by atoms with Gasteiger partial charge in [-0.25, -0.2) is 0 Å². The lowest BCUT2D eigenvalue weighted by Crippen LogP contribution is -2.63. The summed E-state index contributed by atoms with van der Waals surface area (Å²) in [5.41, 5.74) is 0. The Hall–Kier alpha value is -0.580. The van der Waals surface area contributed by atoms with Gasteiger partial charge in [0, 0.05) is 7.05 Å². The van der Waals surface area contributed by atoms with Crippen molar-refractivity contribution in [1.29, 1.82) is 0 Å². The summed E-state index contributed by atoms with van der Waals surface area (Å²) >= 11 is 3.47. The van der Waals surface area contributed by atoms with Crippen LogP contribution in [0.15, 0.2) is 0 Å². The van der Waals surface area contributed by atoms with Crippen LogP contribution in [0.4, 0.5) is 0 Å². The lowest BCUT2D eigenvalue weighted by molar-refractivity contribution is -0.149. The molecule has 1 aliphatic carbocycles. The Bertz CT molecular complexity index is 332. The quantitative estimate of drug-likeness (QED) is 0.460. The molecule has 5 heteroatoms. The zero-order chi connectivity index (χ0) is 10.0. The first-order chi connectivity index (χ1) is 6.61. The standard InChI is InChI=1S/C9H10BrNO3/c1-11-6-4-2-3(8(11)12)5(10)7(6)14-9(4)13/h3-7H,2H2,1H3. The number of amides is 1. The summed E-state index contributed by atoms with van der Waals surface area (Å²) in [6, 6.07) is -0.0376. The SMILES string of the molecule is CN1C(=O)C2CC3C(=O)OC(C2Br)C31. The highest BCUT2D eigenvalue weighted by molar-refractivity contribution is 9.09. The van der Waals surface area contributed by atoms with Gasteiger partial charge in [-0.3, -0.25) is 9.59 Å². The van der Waals surface area contributed by atoms with E-state index >= 15 is 0 Å². The van der Waals surface area contributed by atoms with Crippen molar-refractivity contribution in [2.24, 2.45) is 11.8 Å². The molecule has 3 heterocycles. The number of carbonyl (C=O) groups is 2. The van der Waals surface area contributed by atoms with Crippen LogP contribution in [0, 0.1) is 11.8 Å². The van der Waals surface area contributed by atoms with E-state index in [9.17, 15) is 9.59 Å². The van der Waals surface area contributed by atoms with Crippen molar-refractivity contribution >= 4 is 27.8 Å². The van der Waals surface area contributed by atoms with Crippen molar-refractivity contribution in [3.05, 3.63) is 0 Å². The molecule has 1 amide bonds. The van der Waals surface area contributed by atoms with Crippen molar-refractivity contribution < 1.29 is 14.3 Å². The minimum atomic E-state index is -0.133. The van der Waals surface area contributed by atoms with Gasteiger partial charge in [-0.1, -0.05) is 15.9 Å². The van der Waals surface area contributed by atoms with Crippen molar-refractivity contribution in [2.45, 2.75) is 23.4 Å². The highest BCUT2D eigenvalue weighted by Crippen LogP contribution is 2.48. The molecule has 1 saturated carbocycles. The number of carbonyl (C=O) groups excluding carboxylic acids is 2. The number of rotatable bonds is 0. The van der Waals surface area contributed by atoms with Gasteiger partial charge in [-0.15, -0.1) is 0 Å². The Morgan fingerprint density at radius 2 is 2.14 bits per heavy atom. The first-order valence-corrected chi connectivity index (χ1v) is 5.64. The van der Waals surface area contributed by atoms with Crippen molar-refractivity contribution in [2.75, 3.05) is 7.05 Å². The maximum Gasteiger partial charge on any atom is 0.311 e. The van der Waals surface area contributed by atoms with Crippen LogP contribution in [0.25, 0.3) is 0 Å². The van der Waals surface area contributed by atoms with Crippen LogP contribution in [0.1, 0.15) is 6.42 Å². The van der Waals surface area contributed by atoms with Gasteiger partial charge in [-0.2, -0.15) is 0 Å². The first kappa shape index (κ1) is 8.71. The third-order valence-corrected chi connectivity index (χ3v) is 4.78. The second kappa shape index (κ2) is 2.51. The number of hydrogen-bond donors (Lipinski definition) is 0. The summed E-state index contributed by atoms with van der Waals surface area (Å²) in [5.74, 6) is -0.151. The van der Waals surface area contributed by atoms with Crippen molar-refractivity contribution in [3.63, 3.8) is 0 Å². The van der Waals surface area contributed by atoms with Crippen LogP contribution in [0.3, 0.4) is 0 Å². The molecule has 4 rings (SSSR count). The van der Waals surface area contributed by atoms with E-state index < -0.39 is 0 Å². The molecule has 4 aliphatic rings. The van der Waals surface area contributed by atoms with Crippen LogP contribution in [0.5, 0.6) is 0 Å². The maximum atomic E-state index is 11.8. The Labute approximate surface area is 89.7 Å². The molecule has 4 bridgehead atoms. The number of piperidine rings is 2. The second-order valence-electron chi connectivity index (χ2n) is 4.23. The topological polar surface area (TPSA) is 46.6 Å². The molecule has 3 aliphatic heterocycles. The number of halogens is 1. The van der Waals surface area contributed by atoms with Gasteiger partial charge in [0.05, 0.1) is 22.7 Å². The van der Waals surface area contributed by atoms with E-state index in [1.54, 1.807) is 11.9 Å². The molecule has 0 aromatic heterocycles. The average Bonchev–Trinajstić information content (AvgIpc) is 2.42. The van der Waals surface area contributed by atoms with Crippen LogP contribution in [0.2, 0.25) is 0 Å². The fourth-order valence-corrected chi connectivity index (χ4v) is 3.78. The summed E-state index contributed by atoms with van der Waals surface area (Å²) in [7, 11) is 1.76. The molecule has 4 nitrogen and oxygen atoms in total. The van der Waals surface area contributed by atoms with E-state index in [4.69, 9.17) is 4.74 Å². The molecular formula is C9H10BrNO3. The minimum absolute atomic E-state index is 0.0129. The number of nitrogens with zero attached hydrogens (tertiary/aromatic N) is 1. The molecule has 0 spiro atoms. The highest BCUT2D eigenvalue weighted by atomic mass is 79.9. The van der Waals surface area contributed by atoms with E-state index in [0.29, 0.717) is 6.42 Å². The molecule has 0 aromatic carbocycles. The van der Waals surface area contributed by atoms with Crippen LogP contribution < -0.4 is 0 Å². The molecule has 76 valence electrons. The van der Waals surface area contributed by atoms with Gasteiger partial charge < -0.3 is 9.64 Å². The van der Waals surface area contributed by atoms with E-state index in [-0.39, 0.29) is 40.7 Å². The van der Waals surface area contributed by atoms with E-state index in [1.165, 1.54) is 0 Å².